The lowest BCUT2D eigenvalue weighted by molar-refractivity contribution is 0.0723. The van der Waals surface area contributed by atoms with Crippen LogP contribution in [0.15, 0.2) is 24.3 Å². The summed E-state index contributed by atoms with van der Waals surface area (Å²) in [5, 5.41) is 21.1. The fourth-order valence-electron chi connectivity index (χ4n) is 4.95. The highest BCUT2D eigenvalue weighted by Gasteiger charge is 2.62. The lowest BCUT2D eigenvalue weighted by Crippen LogP contribution is -2.56. The van der Waals surface area contributed by atoms with Crippen molar-refractivity contribution >= 4 is 33.3 Å². The van der Waals surface area contributed by atoms with E-state index in [4.69, 9.17) is 11.6 Å². The molecule has 202 valence electrons. The highest BCUT2D eigenvalue weighted by Crippen LogP contribution is 2.50. The molecule has 1 aromatic heterocycles. The second-order valence-corrected chi connectivity index (χ2v) is 13.8. The molecular weight excluding hydrogens is 518 g/mol. The van der Waals surface area contributed by atoms with Gasteiger partial charge in [-0.25, -0.2) is 8.42 Å². The molecular formula is C25H34ClN5O5S. The normalized spacial score (nSPS) is 17.9. The van der Waals surface area contributed by atoms with Crippen molar-refractivity contribution in [3.63, 3.8) is 0 Å². The predicted molar refractivity (Wildman–Crippen MR) is 140 cm³/mol. The van der Waals surface area contributed by atoms with Gasteiger partial charge in [0, 0.05) is 43.8 Å². The molecule has 0 saturated heterocycles. The molecule has 3 N–H and O–H groups in total. The Morgan fingerprint density at radius 3 is 2.51 bits per heavy atom. The fraction of sp³-hybridized carbons (Fsp3) is 0.560. The number of hydrogen-bond acceptors (Lipinski definition) is 7. The molecule has 1 atom stereocenters. The summed E-state index contributed by atoms with van der Waals surface area (Å²) >= 11 is 5.91. The Kier molecular flexibility index (Phi) is 7.46. The SMILES string of the molecule is CNCC(O)C(C)(C)S(=O)(=O)C1(CN2CCc3c(C(=O)NCc4ccc(Cl)cc4)nn(C)c3C2=O)CC1. The van der Waals surface area contributed by atoms with Crippen LogP contribution in [0.2, 0.25) is 5.02 Å². The van der Waals surface area contributed by atoms with Crippen LogP contribution in [0.3, 0.4) is 0 Å². The molecule has 1 aliphatic heterocycles. The molecule has 1 unspecified atom stereocenters. The van der Waals surface area contributed by atoms with E-state index in [1.54, 1.807) is 31.1 Å². The molecule has 0 spiro atoms. The zero-order valence-electron chi connectivity index (χ0n) is 21.5. The average Bonchev–Trinajstić information content (AvgIpc) is 3.56. The molecule has 0 radical (unpaired) electrons. The minimum Gasteiger partial charge on any atom is -0.390 e. The third-order valence-electron chi connectivity index (χ3n) is 7.60. The van der Waals surface area contributed by atoms with E-state index >= 15 is 0 Å². The van der Waals surface area contributed by atoms with E-state index in [-0.39, 0.29) is 43.7 Å². The van der Waals surface area contributed by atoms with Gasteiger partial charge in [0.2, 0.25) is 0 Å². The molecule has 2 heterocycles. The lowest BCUT2D eigenvalue weighted by atomic mass is 10.0. The maximum atomic E-state index is 13.6. The quantitative estimate of drug-likeness (QED) is 0.405. The molecule has 12 heteroatoms. The third kappa shape index (κ3) is 4.89. The van der Waals surface area contributed by atoms with Crippen LogP contribution in [0.1, 0.15) is 58.8 Å². The van der Waals surface area contributed by atoms with Crippen LogP contribution in [0, 0.1) is 0 Å². The number of aryl methyl sites for hydroxylation is 1. The van der Waals surface area contributed by atoms with E-state index < -0.39 is 25.4 Å². The Labute approximate surface area is 222 Å². The number of carbonyl (C=O) groups excluding carboxylic acids is 2. The summed E-state index contributed by atoms with van der Waals surface area (Å²) in [4.78, 5) is 27.9. The molecule has 1 aliphatic carbocycles. The van der Waals surface area contributed by atoms with Gasteiger partial charge in [-0.3, -0.25) is 14.3 Å². The standard InChI is InChI=1S/C25H34ClN5O5S/c1-24(2,19(32)14-27-3)37(35,36)25(10-11-25)15-31-12-9-18-20(29-30(4)21(18)23(31)34)22(33)28-13-16-5-7-17(26)8-6-16/h5-8,19,27,32H,9-15H2,1-4H3,(H,28,33). The van der Waals surface area contributed by atoms with Gasteiger partial charge in [-0.1, -0.05) is 23.7 Å². The highest BCUT2D eigenvalue weighted by molar-refractivity contribution is 7.94. The van der Waals surface area contributed by atoms with Gasteiger partial charge in [-0.2, -0.15) is 5.10 Å². The van der Waals surface area contributed by atoms with E-state index in [0.29, 0.717) is 35.5 Å². The second kappa shape index (κ2) is 10.0. The first kappa shape index (κ1) is 27.6. The van der Waals surface area contributed by atoms with Gasteiger partial charge in [-0.15, -0.1) is 0 Å². The molecule has 0 bridgehead atoms. The van der Waals surface area contributed by atoms with Gasteiger partial charge in [-0.05, 0) is 57.9 Å². The molecule has 1 fully saturated rings. The van der Waals surface area contributed by atoms with Gasteiger partial charge >= 0.3 is 0 Å². The molecule has 4 rings (SSSR count). The van der Waals surface area contributed by atoms with Gasteiger partial charge in [0.1, 0.15) is 5.69 Å². The first-order valence-electron chi connectivity index (χ1n) is 12.3. The topological polar surface area (TPSA) is 134 Å². The summed E-state index contributed by atoms with van der Waals surface area (Å²) in [6.45, 7) is 3.84. The minimum absolute atomic E-state index is 0.0482. The summed E-state index contributed by atoms with van der Waals surface area (Å²) in [7, 11) is -0.518. The van der Waals surface area contributed by atoms with Crippen LogP contribution in [0.25, 0.3) is 0 Å². The number of fused-ring (bicyclic) bond motifs is 1. The van der Waals surface area contributed by atoms with Crippen LogP contribution < -0.4 is 10.6 Å². The number of sulfone groups is 1. The van der Waals surface area contributed by atoms with Crippen LogP contribution in [0.5, 0.6) is 0 Å². The van der Waals surface area contributed by atoms with Crippen LogP contribution in [-0.4, -0.2) is 82.3 Å². The summed E-state index contributed by atoms with van der Waals surface area (Å²) in [6.07, 6.45) is 0.173. The number of amides is 2. The lowest BCUT2D eigenvalue weighted by Gasteiger charge is -2.37. The van der Waals surface area contributed by atoms with Gasteiger partial charge < -0.3 is 20.6 Å². The van der Waals surface area contributed by atoms with Crippen molar-refractivity contribution in [2.24, 2.45) is 7.05 Å². The Morgan fingerprint density at radius 1 is 1.27 bits per heavy atom. The van der Waals surface area contributed by atoms with E-state index in [0.717, 1.165) is 5.56 Å². The number of nitrogens with one attached hydrogen (secondary N) is 2. The largest absolute Gasteiger partial charge is 0.390 e. The Bertz CT molecular complexity index is 1300. The molecule has 2 aliphatic rings. The zero-order chi connectivity index (χ0) is 27.2. The number of aromatic nitrogens is 2. The maximum absolute atomic E-state index is 13.6. The number of likely N-dealkylation sites (N-methyl/N-ethyl adjacent to an activating group) is 1. The molecule has 10 nitrogen and oxygen atoms in total. The van der Waals surface area contributed by atoms with Crippen molar-refractivity contribution in [2.45, 2.75) is 55.3 Å². The molecule has 2 aromatic rings. The molecule has 2 amide bonds. The minimum atomic E-state index is -3.78. The monoisotopic (exact) mass is 551 g/mol. The smallest absolute Gasteiger partial charge is 0.272 e. The van der Waals surface area contributed by atoms with Crippen molar-refractivity contribution in [1.82, 2.24) is 25.3 Å². The van der Waals surface area contributed by atoms with Crippen molar-refractivity contribution in [3.05, 3.63) is 51.8 Å². The highest BCUT2D eigenvalue weighted by atomic mass is 35.5. The van der Waals surface area contributed by atoms with E-state index in [1.165, 1.54) is 18.5 Å². The van der Waals surface area contributed by atoms with Crippen molar-refractivity contribution in [1.29, 1.82) is 0 Å². The molecule has 1 aromatic carbocycles. The number of rotatable bonds is 10. The first-order chi connectivity index (χ1) is 17.3. The zero-order valence-corrected chi connectivity index (χ0v) is 23.1. The van der Waals surface area contributed by atoms with Gasteiger partial charge in [0.05, 0.1) is 15.6 Å². The molecule has 1 saturated carbocycles. The Hall–Kier alpha value is -2.47. The van der Waals surface area contributed by atoms with Gasteiger partial charge in [0.25, 0.3) is 11.8 Å². The number of benzene rings is 1. The summed E-state index contributed by atoms with van der Waals surface area (Å²) in [5.74, 6) is -0.724. The van der Waals surface area contributed by atoms with Gasteiger partial charge in [0.15, 0.2) is 15.5 Å². The van der Waals surface area contributed by atoms with Crippen molar-refractivity contribution in [2.75, 3.05) is 26.7 Å². The number of aliphatic hydroxyl groups excluding tert-OH is 1. The number of nitrogens with zero attached hydrogens (tertiary/aromatic N) is 3. The number of aliphatic hydroxyl groups is 1. The Morgan fingerprint density at radius 2 is 1.92 bits per heavy atom. The van der Waals surface area contributed by atoms with Crippen LogP contribution in [-0.2, 0) is 29.9 Å². The number of halogens is 1. The van der Waals surface area contributed by atoms with Crippen molar-refractivity contribution < 1.29 is 23.1 Å². The Balaban J connectivity index is 1.50. The predicted octanol–water partition coefficient (Wildman–Crippen LogP) is 1.31. The van der Waals surface area contributed by atoms with E-state index in [1.807, 2.05) is 12.1 Å². The molecule has 37 heavy (non-hydrogen) atoms. The third-order valence-corrected chi connectivity index (χ3v) is 11.2. The summed E-state index contributed by atoms with van der Waals surface area (Å²) in [5.41, 5.74) is 1.94. The summed E-state index contributed by atoms with van der Waals surface area (Å²) in [6, 6.07) is 7.13. The average molecular weight is 552 g/mol. The fourth-order valence-corrected chi connectivity index (χ4v) is 7.60. The second-order valence-electron chi connectivity index (χ2n) is 10.4. The maximum Gasteiger partial charge on any atom is 0.272 e. The van der Waals surface area contributed by atoms with Crippen molar-refractivity contribution in [3.8, 4) is 0 Å². The number of hydrogen-bond donors (Lipinski definition) is 3. The van der Waals surface area contributed by atoms with Crippen LogP contribution in [0.4, 0.5) is 0 Å². The van der Waals surface area contributed by atoms with E-state index in [9.17, 15) is 23.1 Å². The summed E-state index contributed by atoms with van der Waals surface area (Å²) < 4.78 is 26.2. The van der Waals surface area contributed by atoms with E-state index in [2.05, 4.69) is 15.7 Å². The first-order valence-corrected chi connectivity index (χ1v) is 14.2. The van der Waals surface area contributed by atoms with Crippen LogP contribution >= 0.6 is 11.6 Å². The number of carbonyl (C=O) groups is 2.